The van der Waals surface area contributed by atoms with Crippen molar-refractivity contribution in [3.63, 3.8) is 0 Å². The number of carbonyl (C=O) groups excluding carboxylic acids is 3. The number of amides is 3. The van der Waals surface area contributed by atoms with Crippen molar-refractivity contribution in [3.8, 4) is 0 Å². The number of alkyl halides is 3. The molecule has 4 aromatic rings. The molecule has 41 heavy (non-hydrogen) atoms. The summed E-state index contributed by atoms with van der Waals surface area (Å²) in [6.07, 6.45) is -4.70. The number of hydrogen-bond acceptors (Lipinski definition) is 7. The van der Waals surface area contributed by atoms with Crippen LogP contribution in [-0.4, -0.2) is 27.5 Å². The minimum absolute atomic E-state index is 0.213. The molecule has 1 N–H and O–H groups in total. The maximum Gasteiger partial charge on any atom is 0.418 e. The smallest absolute Gasteiger partial charge is 0.324 e. The Morgan fingerprint density at radius 3 is 2.37 bits per heavy atom. The van der Waals surface area contributed by atoms with Crippen LogP contribution in [0.2, 0.25) is 0 Å². The molecule has 1 saturated heterocycles. The average Bonchev–Trinajstić information content (AvgIpc) is 3.62. The predicted molar refractivity (Wildman–Crippen MR) is 147 cm³/mol. The minimum Gasteiger partial charge on any atom is -0.324 e. The summed E-state index contributed by atoms with van der Waals surface area (Å²) in [5.41, 5.74) is -1.26. The topological polar surface area (TPSA) is 88.5 Å². The van der Waals surface area contributed by atoms with Gasteiger partial charge in [0.05, 0.1) is 27.9 Å². The number of thiazole rings is 1. The number of thioether (sulfide) groups is 1. The summed E-state index contributed by atoms with van der Waals surface area (Å²) in [6.45, 7) is -0.595. The molecular weight excluding hydrogens is 603 g/mol. The van der Waals surface area contributed by atoms with Gasteiger partial charge in [-0.1, -0.05) is 41.3 Å². The number of benzene rings is 2. The van der Waals surface area contributed by atoms with E-state index < -0.39 is 69.5 Å². The molecule has 1 fully saturated rings. The van der Waals surface area contributed by atoms with E-state index in [0.29, 0.717) is 9.90 Å². The molecule has 0 bridgehead atoms. The van der Waals surface area contributed by atoms with Gasteiger partial charge in [-0.3, -0.25) is 23.7 Å². The second-order valence-electron chi connectivity index (χ2n) is 9.26. The van der Waals surface area contributed by atoms with Gasteiger partial charge < -0.3 is 5.32 Å². The minimum atomic E-state index is -4.70. The fourth-order valence-electron chi connectivity index (χ4n) is 5.05. The van der Waals surface area contributed by atoms with Gasteiger partial charge in [0, 0.05) is 15.7 Å². The Labute approximate surface area is 241 Å². The number of para-hydroxylation sites is 1. The average molecular weight is 620 g/mol. The van der Waals surface area contributed by atoms with Crippen molar-refractivity contribution in [2.45, 2.75) is 28.9 Å². The van der Waals surface area contributed by atoms with Crippen LogP contribution in [0, 0.1) is 11.7 Å². The van der Waals surface area contributed by atoms with Crippen LogP contribution in [0.15, 0.2) is 75.9 Å². The second kappa shape index (κ2) is 10.3. The second-order valence-corrected chi connectivity index (χ2v) is 12.4. The first-order chi connectivity index (χ1) is 19.5. The molecule has 14 heteroatoms. The van der Waals surface area contributed by atoms with Crippen molar-refractivity contribution >= 4 is 63.5 Å². The number of halogens is 4. The summed E-state index contributed by atoms with van der Waals surface area (Å²) >= 11 is 3.16. The number of thiophene rings is 1. The molecular formula is C27H17F4N3O4S3. The number of nitrogens with zero attached hydrogens (tertiary/aromatic N) is 2. The molecule has 2 aromatic carbocycles. The van der Waals surface area contributed by atoms with Gasteiger partial charge in [0.1, 0.15) is 17.6 Å². The summed E-state index contributed by atoms with van der Waals surface area (Å²) < 4.78 is 54.9. The first-order valence-electron chi connectivity index (χ1n) is 12.1. The zero-order valence-electron chi connectivity index (χ0n) is 20.6. The third-order valence-corrected chi connectivity index (χ3v) is 10.4. The van der Waals surface area contributed by atoms with Crippen LogP contribution in [0.5, 0.6) is 0 Å². The summed E-state index contributed by atoms with van der Waals surface area (Å²) in [6, 6.07) is 13.0. The van der Waals surface area contributed by atoms with Crippen LogP contribution in [0.4, 0.5) is 28.9 Å². The van der Waals surface area contributed by atoms with E-state index in [1.807, 2.05) is 0 Å². The van der Waals surface area contributed by atoms with E-state index in [1.165, 1.54) is 35.6 Å². The third-order valence-electron chi connectivity index (χ3n) is 6.79. The van der Waals surface area contributed by atoms with Crippen molar-refractivity contribution in [3.05, 3.63) is 96.8 Å². The highest BCUT2D eigenvalue weighted by Gasteiger charge is 2.57. The lowest BCUT2D eigenvalue weighted by atomic mass is 9.87. The van der Waals surface area contributed by atoms with E-state index in [0.717, 1.165) is 61.7 Å². The summed E-state index contributed by atoms with van der Waals surface area (Å²) in [5.74, 6) is -3.94. The van der Waals surface area contributed by atoms with E-state index in [9.17, 15) is 36.7 Å². The number of anilines is 2. The maximum absolute atomic E-state index is 13.7. The summed E-state index contributed by atoms with van der Waals surface area (Å²) in [4.78, 5) is 55.1. The number of fused-ring (bicyclic) bond motifs is 2. The molecule has 2 aliphatic rings. The van der Waals surface area contributed by atoms with Gasteiger partial charge in [-0.15, -0.1) is 11.3 Å². The number of hydrogen-bond donors (Lipinski definition) is 1. The molecule has 4 heterocycles. The standard InChI is InChI=1S/C27H17F4N3O4S3/c28-13-7-9-14(10-8-13)34-23(36)20-19(17-6-3-11-39-17)22-25(40-21(20)24(34)37)33(26(38)41-22)12-18(35)32-16-5-2-1-4-15(16)27(29,30)31/h1-11,19-21H,12H2,(H,32,35)/t19-,20?,21?/m1/s1. The van der Waals surface area contributed by atoms with Crippen LogP contribution in [-0.2, 0) is 27.1 Å². The van der Waals surface area contributed by atoms with Gasteiger partial charge in [0.15, 0.2) is 0 Å². The van der Waals surface area contributed by atoms with Crippen molar-refractivity contribution < 1.29 is 31.9 Å². The van der Waals surface area contributed by atoms with Gasteiger partial charge >= 0.3 is 11.0 Å². The molecule has 210 valence electrons. The normalized spacial score (nSPS) is 20.2. The zero-order chi connectivity index (χ0) is 29.1. The monoisotopic (exact) mass is 619 g/mol. The van der Waals surface area contributed by atoms with Crippen molar-refractivity contribution in [1.82, 2.24) is 4.57 Å². The Hall–Kier alpha value is -3.75. The van der Waals surface area contributed by atoms with E-state index in [-0.39, 0.29) is 5.69 Å². The SMILES string of the molecule is O=C(Cn1c2c(sc1=O)[C@H](c1cccs1)C1C(=O)N(c3ccc(F)cc3)C(=O)C1S2)Nc1ccccc1C(F)(F)F. The van der Waals surface area contributed by atoms with E-state index in [1.54, 1.807) is 17.5 Å². The number of nitrogens with one attached hydrogen (secondary N) is 1. The van der Waals surface area contributed by atoms with Gasteiger partial charge in [-0.25, -0.2) is 9.29 Å². The number of rotatable bonds is 5. The third kappa shape index (κ3) is 4.79. The summed E-state index contributed by atoms with van der Waals surface area (Å²) in [5, 5.41) is 3.41. The molecule has 3 amide bonds. The molecule has 0 spiro atoms. The largest absolute Gasteiger partial charge is 0.418 e. The van der Waals surface area contributed by atoms with Crippen LogP contribution < -0.4 is 15.1 Å². The lowest BCUT2D eigenvalue weighted by Crippen LogP contribution is -2.32. The van der Waals surface area contributed by atoms with Gasteiger partial charge in [0.25, 0.3) is 0 Å². The Balaban J connectivity index is 1.37. The lowest BCUT2D eigenvalue weighted by molar-refractivity contribution is -0.137. The molecule has 0 saturated carbocycles. The maximum atomic E-state index is 13.7. The number of carbonyl (C=O) groups is 3. The Bertz CT molecular complexity index is 1730. The number of imide groups is 1. The van der Waals surface area contributed by atoms with E-state index in [4.69, 9.17) is 0 Å². The Kier molecular flexibility index (Phi) is 6.86. The van der Waals surface area contributed by atoms with Crippen molar-refractivity contribution in [2.75, 3.05) is 10.2 Å². The zero-order valence-corrected chi connectivity index (χ0v) is 23.0. The Morgan fingerprint density at radius 2 is 1.68 bits per heavy atom. The predicted octanol–water partition coefficient (Wildman–Crippen LogP) is 5.56. The van der Waals surface area contributed by atoms with Crippen molar-refractivity contribution in [2.24, 2.45) is 5.92 Å². The molecule has 3 atom stereocenters. The molecule has 0 radical (unpaired) electrons. The molecule has 2 aliphatic heterocycles. The van der Waals surface area contributed by atoms with E-state index in [2.05, 4.69) is 5.32 Å². The lowest BCUT2D eigenvalue weighted by Gasteiger charge is -2.29. The molecule has 7 nitrogen and oxygen atoms in total. The fourth-order valence-corrected chi connectivity index (χ4v) is 8.77. The molecule has 2 unspecified atom stereocenters. The Morgan fingerprint density at radius 1 is 0.951 bits per heavy atom. The van der Waals surface area contributed by atoms with Gasteiger partial charge in [-0.2, -0.15) is 13.2 Å². The van der Waals surface area contributed by atoms with Crippen LogP contribution in [0.1, 0.15) is 21.2 Å². The van der Waals surface area contributed by atoms with Gasteiger partial charge in [-0.05, 0) is 47.8 Å². The first kappa shape index (κ1) is 27.4. The summed E-state index contributed by atoms with van der Waals surface area (Å²) in [7, 11) is 0. The number of aromatic nitrogens is 1. The van der Waals surface area contributed by atoms with Crippen LogP contribution >= 0.6 is 34.4 Å². The van der Waals surface area contributed by atoms with Crippen LogP contribution in [0.25, 0.3) is 0 Å². The molecule has 6 rings (SSSR count). The van der Waals surface area contributed by atoms with Gasteiger partial charge in [0.2, 0.25) is 17.7 Å². The quantitative estimate of drug-likeness (QED) is 0.233. The molecule has 2 aromatic heterocycles. The van der Waals surface area contributed by atoms with Crippen molar-refractivity contribution in [1.29, 1.82) is 0 Å². The fraction of sp³-hybridized carbons (Fsp3) is 0.185. The first-order valence-corrected chi connectivity index (χ1v) is 14.6. The van der Waals surface area contributed by atoms with Crippen LogP contribution in [0.3, 0.4) is 0 Å². The highest BCUT2D eigenvalue weighted by atomic mass is 32.2. The highest BCUT2D eigenvalue weighted by molar-refractivity contribution is 8.00. The highest BCUT2D eigenvalue weighted by Crippen LogP contribution is 2.54. The van der Waals surface area contributed by atoms with E-state index >= 15 is 0 Å². The molecule has 0 aliphatic carbocycles.